The lowest BCUT2D eigenvalue weighted by Gasteiger charge is -2.27. The van der Waals surface area contributed by atoms with Crippen molar-refractivity contribution in [3.63, 3.8) is 0 Å². The van der Waals surface area contributed by atoms with Crippen LogP contribution in [-0.4, -0.2) is 42.3 Å². The maximum atomic E-state index is 13.5. The second kappa shape index (κ2) is 7.46. The van der Waals surface area contributed by atoms with E-state index < -0.39 is 38.8 Å². The zero-order valence-electron chi connectivity index (χ0n) is 14.6. The third kappa shape index (κ3) is 4.31. The van der Waals surface area contributed by atoms with Gasteiger partial charge in [-0.15, -0.1) is 0 Å². The van der Waals surface area contributed by atoms with Crippen LogP contribution in [0.1, 0.15) is 31.7 Å². The predicted molar refractivity (Wildman–Crippen MR) is 99.7 cm³/mol. The second-order valence-electron chi connectivity index (χ2n) is 6.58. The van der Waals surface area contributed by atoms with E-state index in [9.17, 15) is 26.4 Å². The number of carbonyl (C=O) groups excluding carboxylic acids is 1. The van der Waals surface area contributed by atoms with Crippen LogP contribution in [0.25, 0.3) is 0 Å². The molecule has 0 unspecified atom stereocenters. The van der Waals surface area contributed by atoms with Crippen molar-refractivity contribution in [3.05, 3.63) is 29.8 Å². The molecule has 2 heterocycles. The normalized spacial score (nSPS) is 25.8. The van der Waals surface area contributed by atoms with Crippen molar-refractivity contribution in [2.75, 3.05) is 16.4 Å². The summed E-state index contributed by atoms with van der Waals surface area (Å²) in [6.07, 6.45) is -2.95. The van der Waals surface area contributed by atoms with Crippen LogP contribution in [0, 0.1) is 0 Å². The zero-order valence-corrected chi connectivity index (χ0v) is 16.2. The summed E-state index contributed by atoms with van der Waals surface area (Å²) in [5.74, 6) is -0.787. The molecule has 0 aromatic heterocycles. The van der Waals surface area contributed by atoms with E-state index in [0.717, 1.165) is 24.2 Å². The summed E-state index contributed by atoms with van der Waals surface area (Å²) in [5.41, 5.74) is -1.03. The van der Waals surface area contributed by atoms with Gasteiger partial charge < -0.3 is 4.90 Å². The third-order valence-electron chi connectivity index (χ3n) is 4.50. The molecule has 148 valence electrons. The van der Waals surface area contributed by atoms with Gasteiger partial charge in [-0.25, -0.2) is 8.42 Å². The average Bonchev–Trinajstić information content (AvgIpc) is 3.02. The van der Waals surface area contributed by atoms with E-state index in [1.807, 2.05) is 6.92 Å². The van der Waals surface area contributed by atoms with Crippen LogP contribution >= 0.6 is 11.8 Å². The van der Waals surface area contributed by atoms with Crippen molar-refractivity contribution >= 4 is 38.4 Å². The average molecular weight is 420 g/mol. The molecular formula is C17H19F3N2O3S2. The zero-order chi connectivity index (χ0) is 19.8. The lowest BCUT2D eigenvalue weighted by Crippen LogP contribution is -2.39. The number of amidine groups is 1. The molecule has 1 amide bonds. The Morgan fingerprint density at radius 2 is 2.00 bits per heavy atom. The highest BCUT2D eigenvalue weighted by molar-refractivity contribution is 8.16. The summed E-state index contributed by atoms with van der Waals surface area (Å²) in [7, 11) is -3.34. The molecule has 0 spiro atoms. The number of rotatable bonds is 4. The summed E-state index contributed by atoms with van der Waals surface area (Å²) in [6.45, 7) is 1.92. The first-order valence-corrected chi connectivity index (χ1v) is 11.3. The molecule has 27 heavy (non-hydrogen) atoms. The number of benzene rings is 1. The van der Waals surface area contributed by atoms with Gasteiger partial charge in [0.25, 0.3) is 0 Å². The van der Waals surface area contributed by atoms with Crippen molar-refractivity contribution in [2.24, 2.45) is 4.99 Å². The summed E-state index contributed by atoms with van der Waals surface area (Å²) >= 11 is 1.08. The number of hydrogen-bond acceptors (Lipinski definition) is 4. The van der Waals surface area contributed by atoms with Gasteiger partial charge in [0, 0.05) is 11.7 Å². The minimum Gasteiger partial charge on any atom is -0.315 e. The molecule has 2 saturated heterocycles. The summed E-state index contributed by atoms with van der Waals surface area (Å²) in [6, 6.07) is 4.32. The van der Waals surface area contributed by atoms with Crippen LogP contribution in [-0.2, 0) is 20.8 Å². The Bertz CT molecular complexity index is 868. The molecule has 2 fully saturated rings. The minimum atomic E-state index is -4.60. The quantitative estimate of drug-likeness (QED) is 0.746. The molecule has 3 rings (SSSR count). The fourth-order valence-corrected chi connectivity index (χ4v) is 7.18. The number of aliphatic imine (C=N–C) groups is 1. The molecule has 0 radical (unpaired) electrons. The number of nitrogens with zero attached hydrogens (tertiary/aromatic N) is 2. The molecule has 5 nitrogen and oxygen atoms in total. The van der Waals surface area contributed by atoms with E-state index in [0.29, 0.717) is 6.42 Å². The number of fused-ring (bicyclic) bond motifs is 1. The van der Waals surface area contributed by atoms with Crippen molar-refractivity contribution in [3.8, 4) is 0 Å². The fraction of sp³-hybridized carbons (Fsp3) is 0.529. The molecule has 0 bridgehead atoms. The van der Waals surface area contributed by atoms with Crippen molar-refractivity contribution in [1.82, 2.24) is 0 Å². The Hall–Kier alpha value is -1.55. The first-order chi connectivity index (χ1) is 12.6. The highest BCUT2D eigenvalue weighted by Crippen LogP contribution is 2.45. The smallest absolute Gasteiger partial charge is 0.315 e. The van der Waals surface area contributed by atoms with Crippen molar-refractivity contribution < 1.29 is 26.4 Å². The van der Waals surface area contributed by atoms with Crippen LogP contribution in [0.4, 0.5) is 18.9 Å². The molecule has 2 aliphatic rings. The van der Waals surface area contributed by atoms with E-state index in [-0.39, 0.29) is 28.8 Å². The van der Waals surface area contributed by atoms with Crippen molar-refractivity contribution in [1.29, 1.82) is 0 Å². The van der Waals surface area contributed by atoms with Gasteiger partial charge in [0.15, 0.2) is 15.0 Å². The highest BCUT2D eigenvalue weighted by Gasteiger charge is 2.51. The number of hydrogen-bond donors (Lipinski definition) is 0. The van der Waals surface area contributed by atoms with Crippen LogP contribution in [0.2, 0.25) is 0 Å². The minimum absolute atomic E-state index is 0.130. The fourth-order valence-electron chi connectivity index (χ4n) is 3.26. The number of carbonyl (C=O) groups is 1. The van der Waals surface area contributed by atoms with Gasteiger partial charge in [-0.3, -0.25) is 4.79 Å². The standard InChI is InChI=1S/C17H19F3N2O3S2/c1-2-3-8-15(23)21-16-22(13-9-27(24,25)10-14(13)26-16)12-7-5-4-6-11(12)17(18,19)20/h4-7,13-14H,2-3,8-10H2,1H3/t13-,14-/m1/s1. The molecule has 1 aromatic carbocycles. The van der Waals surface area contributed by atoms with Gasteiger partial charge >= 0.3 is 6.18 Å². The number of halogens is 3. The molecule has 2 atom stereocenters. The Morgan fingerprint density at radius 1 is 1.30 bits per heavy atom. The lowest BCUT2D eigenvalue weighted by atomic mass is 10.1. The Balaban J connectivity index is 2.05. The van der Waals surface area contributed by atoms with Gasteiger partial charge in [-0.2, -0.15) is 18.2 Å². The predicted octanol–water partition coefficient (Wildman–Crippen LogP) is 3.50. The van der Waals surface area contributed by atoms with Gasteiger partial charge in [-0.05, 0) is 18.6 Å². The number of thioether (sulfide) groups is 1. The lowest BCUT2D eigenvalue weighted by molar-refractivity contribution is -0.137. The molecule has 2 aliphatic heterocycles. The van der Waals surface area contributed by atoms with Crippen molar-refractivity contribution in [2.45, 2.75) is 43.7 Å². The van der Waals surface area contributed by atoms with Gasteiger partial charge in [0.1, 0.15) is 0 Å². The summed E-state index contributed by atoms with van der Waals surface area (Å²) in [4.78, 5) is 17.4. The van der Waals surface area contributed by atoms with Gasteiger partial charge in [-0.1, -0.05) is 37.2 Å². The molecule has 1 aromatic rings. The van der Waals surface area contributed by atoms with Crippen LogP contribution in [0.3, 0.4) is 0 Å². The first-order valence-electron chi connectivity index (χ1n) is 8.56. The van der Waals surface area contributed by atoms with E-state index in [4.69, 9.17) is 0 Å². The molecule has 0 N–H and O–H groups in total. The highest BCUT2D eigenvalue weighted by atomic mass is 32.2. The number of amides is 1. The third-order valence-corrected chi connectivity index (χ3v) is 7.71. The Kier molecular flexibility index (Phi) is 5.58. The van der Waals surface area contributed by atoms with Gasteiger partial charge in [0.05, 0.1) is 28.8 Å². The maximum Gasteiger partial charge on any atom is 0.418 e. The second-order valence-corrected chi connectivity index (χ2v) is 9.94. The monoisotopic (exact) mass is 420 g/mol. The largest absolute Gasteiger partial charge is 0.418 e. The SMILES string of the molecule is CCCCC(=O)N=C1S[C@@H]2CS(=O)(=O)C[C@H]2N1c1ccccc1C(F)(F)F. The van der Waals surface area contributed by atoms with E-state index in [1.165, 1.54) is 23.1 Å². The Morgan fingerprint density at radius 3 is 2.67 bits per heavy atom. The first kappa shape index (κ1) is 20.2. The number of alkyl halides is 3. The number of para-hydroxylation sites is 1. The number of unbranched alkanes of at least 4 members (excludes halogenated alkanes) is 1. The van der Waals surface area contributed by atoms with E-state index in [1.54, 1.807) is 0 Å². The number of anilines is 1. The topological polar surface area (TPSA) is 66.8 Å². The van der Waals surface area contributed by atoms with Crippen LogP contribution in [0.15, 0.2) is 29.3 Å². The molecule has 0 aliphatic carbocycles. The van der Waals surface area contributed by atoms with Gasteiger partial charge in [0.2, 0.25) is 5.91 Å². The Labute approximate surface area is 159 Å². The summed E-state index contributed by atoms with van der Waals surface area (Å²) < 4.78 is 64.5. The van der Waals surface area contributed by atoms with Crippen LogP contribution in [0.5, 0.6) is 0 Å². The number of sulfone groups is 1. The van der Waals surface area contributed by atoms with Crippen LogP contribution < -0.4 is 4.90 Å². The molecule has 0 saturated carbocycles. The van der Waals surface area contributed by atoms with E-state index in [2.05, 4.69) is 4.99 Å². The molecule has 10 heteroatoms. The van der Waals surface area contributed by atoms with E-state index >= 15 is 0 Å². The molecular weight excluding hydrogens is 401 g/mol. The summed E-state index contributed by atoms with van der Waals surface area (Å²) in [5, 5.41) is -0.285. The maximum absolute atomic E-state index is 13.5.